The van der Waals surface area contributed by atoms with E-state index in [0.717, 1.165) is 37.3 Å². The molecule has 1 aromatic carbocycles. The second-order valence-corrected chi connectivity index (χ2v) is 3.01. The van der Waals surface area contributed by atoms with Crippen molar-refractivity contribution in [2.75, 3.05) is 0 Å². The van der Waals surface area contributed by atoms with Crippen LogP contribution in [0.25, 0.3) is 0 Å². The number of hydrogen-bond acceptors (Lipinski definition) is 1. The molecule has 2 rings (SSSR count). The Kier molecular flexibility index (Phi) is 13.9. The summed E-state index contributed by atoms with van der Waals surface area (Å²) in [5, 5.41) is 0. The Labute approximate surface area is 119 Å². The molecule has 0 spiro atoms. The molecule has 0 fully saturated rings. The van der Waals surface area contributed by atoms with Gasteiger partial charge in [0.05, 0.1) is 0 Å². The molecule has 0 amide bonds. The van der Waals surface area contributed by atoms with Gasteiger partial charge in [-0.3, -0.25) is 0 Å². The van der Waals surface area contributed by atoms with Gasteiger partial charge in [0, 0.05) is 0 Å². The first kappa shape index (κ1) is 17.4. The third kappa shape index (κ3) is 8.93. The Morgan fingerprint density at radius 3 is 1.73 bits per heavy atom. The third-order valence-corrected chi connectivity index (χ3v) is 2.10. The van der Waals surface area contributed by atoms with E-state index in [9.17, 15) is 0 Å². The molecule has 0 aromatic heterocycles. The van der Waals surface area contributed by atoms with Crippen molar-refractivity contribution in [2.24, 2.45) is 0 Å². The van der Waals surface area contributed by atoms with Gasteiger partial charge in [0.1, 0.15) is 0 Å². The van der Waals surface area contributed by atoms with E-state index in [1.165, 1.54) is 0 Å². The molecular weight excluding hydrogens is 310 g/mol. The molecule has 0 saturated carbocycles. The van der Waals surface area contributed by atoms with E-state index in [1.807, 2.05) is 30.3 Å². The third-order valence-electron chi connectivity index (χ3n) is 1.52. The molecule has 0 bridgehead atoms. The summed E-state index contributed by atoms with van der Waals surface area (Å²) in [7, 11) is 0. The fraction of sp³-hybridized carbons (Fsp3) is 0.0909. The molecule has 1 nitrogen and oxygen atoms in total. The van der Waals surface area contributed by atoms with Crippen LogP contribution in [-0.2, 0) is 25.2 Å². The summed E-state index contributed by atoms with van der Waals surface area (Å²) in [6, 6.07) is 9.76. The Balaban J connectivity index is 0. The average Bonchev–Trinajstić information content (AvgIpc) is 2.77. The second-order valence-electron chi connectivity index (χ2n) is 2.51. The summed E-state index contributed by atoms with van der Waals surface area (Å²) in [4.78, 5) is 0. The summed E-state index contributed by atoms with van der Waals surface area (Å²) in [6.45, 7) is 0. The Morgan fingerprint density at radius 2 is 1.47 bits per heavy atom. The van der Waals surface area contributed by atoms with E-state index in [1.54, 1.807) is 0 Å². The van der Waals surface area contributed by atoms with Crippen molar-refractivity contribution in [2.45, 2.75) is 6.42 Å². The summed E-state index contributed by atoms with van der Waals surface area (Å²) in [5.41, 5.74) is 0. The standard InChI is InChI=1S/C6H6O.C5H6.2ClH.Zr/c7-6-4-2-1-3-5-6;1-2-4-5-3-1;;;/h1-5,7H;1-4H,5H2;2*1H;/q;;;;+3/p-3. The molecular formula is C11H11Cl2OZr. The fourth-order valence-electron chi connectivity index (χ4n) is 0.881. The zero-order valence-corrected chi connectivity index (χ0v) is 12.0. The second kappa shape index (κ2) is 12.0. The maximum absolute atomic E-state index is 5.00. The molecule has 0 aliphatic heterocycles. The average molecular weight is 321 g/mol. The van der Waals surface area contributed by atoms with Gasteiger partial charge in [-0.1, -0.05) is 24.3 Å². The van der Waals surface area contributed by atoms with Crippen LogP contribution in [0.5, 0.6) is 5.75 Å². The number of benzene rings is 1. The van der Waals surface area contributed by atoms with Crippen LogP contribution < -0.4 is 27.6 Å². The molecule has 0 heterocycles. The molecule has 0 atom stereocenters. The monoisotopic (exact) mass is 319 g/mol. The van der Waals surface area contributed by atoms with Crippen LogP contribution in [-0.4, -0.2) is 0 Å². The first-order valence-electron chi connectivity index (χ1n) is 4.14. The zero-order valence-electron chi connectivity index (χ0n) is 8.07. The van der Waals surface area contributed by atoms with Gasteiger partial charge in [0.2, 0.25) is 0 Å². The first-order chi connectivity index (χ1) is 6.43. The molecule has 1 aliphatic carbocycles. The van der Waals surface area contributed by atoms with E-state index in [-0.39, 0.29) is 24.8 Å². The van der Waals surface area contributed by atoms with Gasteiger partial charge in [-0.15, -0.1) is 0 Å². The molecule has 0 radical (unpaired) electrons. The van der Waals surface area contributed by atoms with Crippen LogP contribution in [0.2, 0.25) is 0 Å². The topological polar surface area (TPSA) is 9.23 Å². The fourth-order valence-corrected chi connectivity index (χ4v) is 1.22. The minimum atomic E-state index is 0. The number of halogens is 2. The normalized spacial score (nSPS) is 10.5. The minimum absolute atomic E-state index is 0. The number of allylic oxidation sites excluding steroid dienone is 4. The first-order valence-corrected chi connectivity index (χ1v) is 5.14. The number of hydrogen-bond donors (Lipinski definition) is 0. The van der Waals surface area contributed by atoms with Crippen LogP contribution in [0.15, 0.2) is 54.6 Å². The quantitative estimate of drug-likeness (QED) is 0.537. The summed E-state index contributed by atoms with van der Waals surface area (Å²) < 4.78 is 5.00. The number of para-hydroxylation sites is 1. The van der Waals surface area contributed by atoms with Crippen molar-refractivity contribution in [3.8, 4) is 5.75 Å². The van der Waals surface area contributed by atoms with E-state index in [4.69, 9.17) is 2.81 Å². The van der Waals surface area contributed by atoms with E-state index < -0.39 is 0 Å². The van der Waals surface area contributed by atoms with E-state index in [0.29, 0.717) is 0 Å². The Hall–Kier alpha value is -0.0369. The van der Waals surface area contributed by atoms with Crippen molar-refractivity contribution in [1.82, 2.24) is 0 Å². The summed E-state index contributed by atoms with van der Waals surface area (Å²) >= 11 is 1.09. The van der Waals surface area contributed by atoms with Crippen molar-refractivity contribution < 1.29 is 52.8 Å². The molecule has 15 heavy (non-hydrogen) atoms. The van der Waals surface area contributed by atoms with Crippen molar-refractivity contribution in [3.63, 3.8) is 0 Å². The van der Waals surface area contributed by atoms with Gasteiger partial charge >= 0.3 is 64.1 Å². The van der Waals surface area contributed by atoms with Crippen molar-refractivity contribution in [3.05, 3.63) is 54.6 Å². The molecule has 79 valence electrons. The van der Waals surface area contributed by atoms with E-state index >= 15 is 0 Å². The zero-order chi connectivity index (χ0) is 9.36. The predicted molar refractivity (Wildman–Crippen MR) is 50.0 cm³/mol. The van der Waals surface area contributed by atoms with Crippen LogP contribution in [0.3, 0.4) is 0 Å². The molecule has 0 N–H and O–H groups in total. The van der Waals surface area contributed by atoms with Gasteiger partial charge in [-0.05, 0) is 6.42 Å². The maximum atomic E-state index is 5.00. The van der Waals surface area contributed by atoms with Gasteiger partial charge in [-0.25, -0.2) is 0 Å². The predicted octanol–water partition coefficient (Wildman–Crippen LogP) is -2.96. The van der Waals surface area contributed by atoms with Crippen molar-refractivity contribution >= 4 is 0 Å². The summed E-state index contributed by atoms with van der Waals surface area (Å²) in [5.74, 6) is 0.950. The van der Waals surface area contributed by atoms with Crippen molar-refractivity contribution in [1.29, 1.82) is 0 Å². The van der Waals surface area contributed by atoms with Gasteiger partial charge in [-0.2, -0.15) is 0 Å². The number of rotatable bonds is 1. The van der Waals surface area contributed by atoms with Crippen LogP contribution in [0, 0.1) is 0 Å². The van der Waals surface area contributed by atoms with Crippen LogP contribution in [0.1, 0.15) is 6.42 Å². The Bertz CT molecular complexity index is 276. The Morgan fingerprint density at radius 1 is 0.933 bits per heavy atom. The molecule has 0 saturated heterocycles. The molecule has 1 aromatic rings. The molecule has 0 unspecified atom stereocenters. The molecule has 4 heteroatoms. The molecule has 1 aliphatic rings. The van der Waals surface area contributed by atoms with Gasteiger partial charge < -0.3 is 24.8 Å². The van der Waals surface area contributed by atoms with Gasteiger partial charge in [0.25, 0.3) is 0 Å². The van der Waals surface area contributed by atoms with E-state index in [2.05, 4.69) is 24.3 Å². The van der Waals surface area contributed by atoms with Crippen LogP contribution in [0.4, 0.5) is 0 Å². The summed E-state index contributed by atoms with van der Waals surface area (Å²) in [6.07, 6.45) is 9.50. The van der Waals surface area contributed by atoms with Crippen LogP contribution >= 0.6 is 0 Å². The van der Waals surface area contributed by atoms with Gasteiger partial charge in [0.15, 0.2) is 0 Å². The SMILES string of the molecule is C1=CCC=C1.[Cl-].[Cl-].[Zr+2][O]c1ccccc1.